The molecule has 1 saturated heterocycles. The zero-order valence-electron chi connectivity index (χ0n) is 19.6. The number of rotatable bonds is 8. The minimum Gasteiger partial charge on any atom is -0.493 e. The van der Waals surface area contributed by atoms with Crippen molar-refractivity contribution in [2.45, 2.75) is 11.4 Å². The first-order chi connectivity index (χ1) is 18.4. The highest BCUT2D eigenvalue weighted by molar-refractivity contribution is 9.10. The number of amides is 2. The Morgan fingerprint density at radius 2 is 1.74 bits per heavy atom. The van der Waals surface area contributed by atoms with E-state index >= 15 is 0 Å². The Bertz CT molecular complexity index is 1630. The maximum Gasteiger partial charge on any atom is 0.339 e. The van der Waals surface area contributed by atoms with Crippen LogP contribution in [0.2, 0.25) is 10.0 Å². The molecule has 1 heterocycles. The Morgan fingerprint density at radius 3 is 2.33 bits per heavy atom. The lowest BCUT2D eigenvalue weighted by Gasteiger charge is -2.15. The molecular formula is C24H15BrCl2N2O8S2. The summed E-state index contributed by atoms with van der Waals surface area (Å²) in [6, 6.07) is 11.9. The van der Waals surface area contributed by atoms with E-state index in [4.69, 9.17) is 32.1 Å². The predicted molar refractivity (Wildman–Crippen MR) is 150 cm³/mol. The summed E-state index contributed by atoms with van der Waals surface area (Å²) in [6.07, 6.45) is 1.45. The van der Waals surface area contributed by atoms with Gasteiger partial charge in [-0.25, -0.2) is 0 Å². The van der Waals surface area contributed by atoms with E-state index in [0.717, 1.165) is 40.9 Å². The van der Waals surface area contributed by atoms with Crippen molar-refractivity contribution in [3.63, 3.8) is 0 Å². The molecule has 15 heteroatoms. The van der Waals surface area contributed by atoms with Crippen LogP contribution in [0.5, 0.6) is 11.5 Å². The smallest absolute Gasteiger partial charge is 0.339 e. The molecule has 202 valence electrons. The lowest BCUT2D eigenvalue weighted by atomic mass is 10.1. The van der Waals surface area contributed by atoms with E-state index in [1.165, 1.54) is 25.3 Å². The van der Waals surface area contributed by atoms with Gasteiger partial charge in [-0.3, -0.25) is 24.6 Å². The maximum atomic E-state index is 13.0. The minimum atomic E-state index is -4.39. The number of thioether (sulfide) groups is 1. The Hall–Kier alpha value is -3.10. The second kappa shape index (κ2) is 11.6. The number of nitro groups is 1. The van der Waals surface area contributed by atoms with E-state index in [0.29, 0.717) is 21.2 Å². The monoisotopic (exact) mass is 672 g/mol. The van der Waals surface area contributed by atoms with E-state index in [9.17, 15) is 28.1 Å². The lowest BCUT2D eigenvalue weighted by molar-refractivity contribution is -0.384. The summed E-state index contributed by atoms with van der Waals surface area (Å²) in [5.41, 5.74) is 0.557. The van der Waals surface area contributed by atoms with Crippen molar-refractivity contribution in [1.82, 2.24) is 4.90 Å². The molecule has 3 aromatic carbocycles. The quantitative estimate of drug-likeness (QED) is 0.111. The molecule has 4 rings (SSSR count). The molecule has 39 heavy (non-hydrogen) atoms. The van der Waals surface area contributed by atoms with Crippen LogP contribution < -0.4 is 8.92 Å². The van der Waals surface area contributed by atoms with Crippen molar-refractivity contribution in [1.29, 1.82) is 0 Å². The largest absolute Gasteiger partial charge is 0.493 e. The van der Waals surface area contributed by atoms with Gasteiger partial charge < -0.3 is 8.92 Å². The summed E-state index contributed by atoms with van der Waals surface area (Å²) in [7, 11) is -3.10. The van der Waals surface area contributed by atoms with Crippen LogP contribution >= 0.6 is 50.9 Å². The van der Waals surface area contributed by atoms with Crippen molar-refractivity contribution >= 4 is 83.9 Å². The number of nitrogens with zero attached hydrogens (tertiary/aromatic N) is 2. The fourth-order valence-electron chi connectivity index (χ4n) is 3.43. The highest BCUT2D eigenvalue weighted by Gasteiger charge is 2.36. The summed E-state index contributed by atoms with van der Waals surface area (Å²) in [6.45, 7) is -0.110. The van der Waals surface area contributed by atoms with Gasteiger partial charge in [0.2, 0.25) is 0 Å². The average Bonchev–Trinajstić information content (AvgIpc) is 3.14. The van der Waals surface area contributed by atoms with Crippen LogP contribution in [-0.4, -0.2) is 36.5 Å². The molecule has 1 aliphatic rings. The van der Waals surface area contributed by atoms with E-state index < -0.39 is 26.2 Å². The van der Waals surface area contributed by atoms with Crippen molar-refractivity contribution in [2.75, 3.05) is 7.11 Å². The number of methoxy groups -OCH3 is 1. The molecule has 0 aliphatic carbocycles. The van der Waals surface area contributed by atoms with Crippen molar-refractivity contribution in [3.05, 3.63) is 95.3 Å². The van der Waals surface area contributed by atoms with Gasteiger partial charge in [0.15, 0.2) is 11.5 Å². The molecule has 0 radical (unpaired) electrons. The first kappa shape index (κ1) is 28.9. The van der Waals surface area contributed by atoms with Gasteiger partial charge in [0.25, 0.3) is 16.8 Å². The third-order valence-corrected chi connectivity index (χ3v) is 8.77. The van der Waals surface area contributed by atoms with Gasteiger partial charge in [-0.1, -0.05) is 29.3 Å². The lowest BCUT2D eigenvalue weighted by Crippen LogP contribution is -2.27. The Kier molecular flexibility index (Phi) is 8.57. The van der Waals surface area contributed by atoms with Crippen molar-refractivity contribution in [3.8, 4) is 11.5 Å². The van der Waals surface area contributed by atoms with Gasteiger partial charge in [-0.05, 0) is 75.7 Å². The molecular weight excluding hydrogens is 659 g/mol. The van der Waals surface area contributed by atoms with Crippen LogP contribution in [0, 0.1) is 10.1 Å². The second-order valence-electron chi connectivity index (χ2n) is 7.79. The van der Waals surface area contributed by atoms with E-state index in [2.05, 4.69) is 15.9 Å². The molecule has 0 atom stereocenters. The van der Waals surface area contributed by atoms with E-state index in [1.54, 1.807) is 18.2 Å². The summed E-state index contributed by atoms with van der Waals surface area (Å²) in [4.78, 5) is 36.6. The van der Waals surface area contributed by atoms with Crippen LogP contribution in [-0.2, 0) is 21.5 Å². The van der Waals surface area contributed by atoms with E-state index in [-0.39, 0.29) is 38.0 Å². The van der Waals surface area contributed by atoms with Gasteiger partial charge >= 0.3 is 10.1 Å². The predicted octanol–water partition coefficient (Wildman–Crippen LogP) is 6.68. The number of benzene rings is 3. The summed E-state index contributed by atoms with van der Waals surface area (Å²) >= 11 is 16.3. The molecule has 1 fully saturated rings. The minimum absolute atomic E-state index is 0.00295. The van der Waals surface area contributed by atoms with Gasteiger partial charge in [0.05, 0.1) is 28.0 Å². The van der Waals surface area contributed by atoms with Crippen LogP contribution in [0.4, 0.5) is 10.5 Å². The van der Waals surface area contributed by atoms with Gasteiger partial charge in [-0.15, -0.1) is 0 Å². The molecule has 0 unspecified atom stereocenters. The number of hydrogen-bond acceptors (Lipinski definition) is 9. The standard InChI is InChI=1S/C24H15BrCl2N2O8S2/c1-36-20-10-13(9-17(25)22(20)37-39(34,35)15-7-5-14(6-8-15)29(32)33)11-21-23(30)28(24(31)38-21)12-16-18(26)3-2-4-19(16)27/h2-11H,12H2,1H3/b21-11-. The number of imide groups is 1. The number of nitro benzene ring substituents is 1. The second-order valence-corrected chi connectivity index (χ2v) is 12.0. The summed E-state index contributed by atoms with van der Waals surface area (Å²) in [5.74, 6) is -0.741. The number of hydrogen-bond donors (Lipinski definition) is 0. The highest BCUT2D eigenvalue weighted by atomic mass is 79.9. The Morgan fingerprint density at radius 1 is 1.10 bits per heavy atom. The molecule has 0 spiro atoms. The first-order valence-corrected chi connectivity index (χ1v) is 14.4. The third-order valence-electron chi connectivity index (χ3n) is 5.33. The Labute approximate surface area is 244 Å². The number of carbonyl (C=O) groups is 2. The Balaban J connectivity index is 1.60. The van der Waals surface area contributed by atoms with E-state index in [1.807, 2.05) is 0 Å². The molecule has 3 aromatic rings. The summed E-state index contributed by atoms with van der Waals surface area (Å²) in [5, 5.41) is 11.0. The topological polar surface area (TPSA) is 133 Å². The van der Waals surface area contributed by atoms with Crippen LogP contribution in [0.1, 0.15) is 11.1 Å². The number of ether oxygens (including phenoxy) is 1. The fourth-order valence-corrected chi connectivity index (χ4v) is 6.39. The highest BCUT2D eigenvalue weighted by Crippen LogP contribution is 2.41. The average molecular weight is 674 g/mol. The van der Waals surface area contributed by atoms with Crippen LogP contribution in [0.25, 0.3) is 6.08 Å². The summed E-state index contributed by atoms with van der Waals surface area (Å²) < 4.78 is 36.3. The van der Waals surface area contributed by atoms with Gasteiger partial charge in [0, 0.05) is 27.7 Å². The van der Waals surface area contributed by atoms with Crippen LogP contribution in [0.15, 0.2) is 68.9 Å². The number of carbonyl (C=O) groups excluding carboxylic acids is 2. The third kappa shape index (κ3) is 6.23. The van der Waals surface area contributed by atoms with Crippen LogP contribution in [0.3, 0.4) is 0 Å². The zero-order valence-corrected chi connectivity index (χ0v) is 24.3. The zero-order chi connectivity index (χ0) is 28.5. The molecule has 0 saturated carbocycles. The van der Waals surface area contributed by atoms with Crippen molar-refractivity contribution in [2.24, 2.45) is 0 Å². The van der Waals surface area contributed by atoms with Gasteiger partial charge in [-0.2, -0.15) is 8.42 Å². The molecule has 2 amide bonds. The number of non-ortho nitro benzene ring substituents is 1. The molecule has 1 aliphatic heterocycles. The fraction of sp³-hybridized carbons (Fsp3) is 0.0833. The number of halogens is 3. The van der Waals surface area contributed by atoms with Crippen molar-refractivity contribution < 1.29 is 31.9 Å². The molecule has 0 aromatic heterocycles. The first-order valence-electron chi connectivity index (χ1n) is 10.7. The molecule has 0 N–H and O–H groups in total. The molecule has 0 bridgehead atoms. The maximum absolute atomic E-state index is 13.0. The van der Waals surface area contributed by atoms with Gasteiger partial charge in [0.1, 0.15) is 4.90 Å². The molecule has 10 nitrogen and oxygen atoms in total. The normalized spacial score (nSPS) is 14.7. The SMILES string of the molecule is COc1cc(/C=C2\SC(=O)N(Cc3c(Cl)cccc3Cl)C2=O)cc(Br)c1OS(=O)(=O)c1ccc([N+](=O)[O-])cc1.